The monoisotopic (exact) mass is 353 g/mol. The van der Waals surface area contributed by atoms with E-state index in [1.54, 1.807) is 23.8 Å². The molecule has 136 valence electrons. The van der Waals surface area contributed by atoms with E-state index in [0.717, 1.165) is 0 Å². The average Bonchev–Trinajstić information content (AvgIpc) is 2.99. The third-order valence-corrected chi connectivity index (χ3v) is 4.85. The number of aryl methyl sites for hydroxylation is 1. The first-order valence-corrected chi connectivity index (χ1v) is 8.15. The number of nitrogens with one attached hydrogen (secondary N) is 1. The van der Waals surface area contributed by atoms with Gasteiger partial charge in [-0.1, -0.05) is 6.07 Å². The number of likely N-dealkylation sites (tertiary alicyclic amines) is 1. The first-order chi connectivity index (χ1) is 11.8. The lowest BCUT2D eigenvalue weighted by Gasteiger charge is -2.38. The van der Waals surface area contributed by atoms with Crippen molar-refractivity contribution in [3.8, 4) is 0 Å². The Morgan fingerprint density at radius 2 is 2.12 bits per heavy atom. The van der Waals surface area contributed by atoms with Crippen LogP contribution in [0.25, 0.3) is 0 Å². The molecule has 2 aliphatic heterocycles. The van der Waals surface area contributed by atoms with E-state index in [1.807, 2.05) is 0 Å². The molecule has 0 unspecified atom stereocenters. The number of halogens is 2. The Bertz CT molecular complexity index is 713. The molecule has 1 atom stereocenters. The van der Waals surface area contributed by atoms with Gasteiger partial charge in [-0.05, 0) is 25.0 Å². The highest BCUT2D eigenvalue weighted by atomic mass is 19.1. The molecule has 3 rings (SSSR count). The first kappa shape index (κ1) is 17.6. The number of morpholine rings is 1. The van der Waals surface area contributed by atoms with Gasteiger partial charge in [0.2, 0.25) is 5.91 Å². The summed E-state index contributed by atoms with van der Waals surface area (Å²) in [5.74, 6) is -1.41. The predicted molar refractivity (Wildman–Crippen MR) is 85.8 cm³/mol. The molecule has 6 nitrogen and oxygen atoms in total. The fraction of sp³-hybridized carbons (Fsp3) is 0.529. The van der Waals surface area contributed by atoms with Crippen molar-refractivity contribution in [3.05, 3.63) is 34.9 Å². The van der Waals surface area contributed by atoms with Crippen LogP contribution in [0.1, 0.15) is 17.5 Å². The van der Waals surface area contributed by atoms with Crippen LogP contribution in [-0.4, -0.2) is 60.6 Å². The lowest BCUT2D eigenvalue weighted by molar-refractivity contribution is -0.158. The Balaban J connectivity index is 1.60. The SMILES string of the molecule is Cc1ccc(F)c(CNC(=O)N2CC[C@]3(CN(C)C(=O)CO3)C2)c1F. The molecular formula is C17H21F2N3O3. The highest BCUT2D eigenvalue weighted by molar-refractivity contribution is 5.78. The molecule has 1 N–H and O–H groups in total. The van der Waals surface area contributed by atoms with E-state index >= 15 is 0 Å². The predicted octanol–water partition coefficient (Wildman–Crippen LogP) is 1.42. The largest absolute Gasteiger partial charge is 0.361 e. The second-order valence-corrected chi connectivity index (χ2v) is 6.71. The summed E-state index contributed by atoms with van der Waals surface area (Å²) in [5, 5.41) is 2.56. The average molecular weight is 353 g/mol. The van der Waals surface area contributed by atoms with Gasteiger partial charge in [-0.2, -0.15) is 0 Å². The van der Waals surface area contributed by atoms with Gasteiger partial charge in [-0.3, -0.25) is 4.79 Å². The summed E-state index contributed by atoms with van der Waals surface area (Å²) in [4.78, 5) is 27.0. The Labute approximate surface area is 144 Å². The molecule has 8 heteroatoms. The summed E-state index contributed by atoms with van der Waals surface area (Å²) in [6, 6.07) is 2.15. The summed E-state index contributed by atoms with van der Waals surface area (Å²) in [7, 11) is 1.71. The molecule has 3 amide bonds. The topological polar surface area (TPSA) is 61.9 Å². The van der Waals surface area contributed by atoms with Crippen molar-refractivity contribution < 1.29 is 23.1 Å². The number of carbonyl (C=O) groups is 2. The lowest BCUT2D eigenvalue weighted by Crippen LogP contribution is -2.55. The van der Waals surface area contributed by atoms with Gasteiger partial charge in [0, 0.05) is 19.2 Å². The van der Waals surface area contributed by atoms with Crippen molar-refractivity contribution in [2.75, 3.05) is 33.3 Å². The molecule has 2 aliphatic rings. The highest BCUT2D eigenvalue weighted by Crippen LogP contribution is 2.29. The molecular weight excluding hydrogens is 332 g/mol. The number of hydrogen-bond donors (Lipinski definition) is 1. The molecule has 0 bridgehead atoms. The van der Waals surface area contributed by atoms with Crippen LogP contribution in [-0.2, 0) is 16.1 Å². The van der Waals surface area contributed by atoms with Gasteiger partial charge in [0.05, 0.1) is 19.6 Å². The Hall–Kier alpha value is -2.22. The maximum Gasteiger partial charge on any atom is 0.317 e. The number of nitrogens with zero attached hydrogens (tertiary/aromatic N) is 2. The van der Waals surface area contributed by atoms with Crippen molar-refractivity contribution in [2.24, 2.45) is 0 Å². The smallest absolute Gasteiger partial charge is 0.317 e. The van der Waals surface area contributed by atoms with Gasteiger partial charge in [0.1, 0.15) is 23.8 Å². The normalized spacial score (nSPS) is 23.4. The summed E-state index contributed by atoms with van der Waals surface area (Å²) in [6.07, 6.45) is 0.616. The van der Waals surface area contributed by atoms with Crippen LogP contribution >= 0.6 is 0 Å². The third-order valence-electron chi connectivity index (χ3n) is 4.85. The van der Waals surface area contributed by atoms with Crippen LogP contribution in [0.15, 0.2) is 12.1 Å². The van der Waals surface area contributed by atoms with Crippen LogP contribution in [0.2, 0.25) is 0 Å². The van der Waals surface area contributed by atoms with Crippen molar-refractivity contribution in [3.63, 3.8) is 0 Å². The van der Waals surface area contributed by atoms with Crippen LogP contribution in [0.4, 0.5) is 13.6 Å². The minimum Gasteiger partial charge on any atom is -0.361 e. The number of likely N-dealkylation sites (N-methyl/N-ethyl adjacent to an activating group) is 1. The number of ether oxygens (including phenoxy) is 1. The van der Waals surface area contributed by atoms with Crippen LogP contribution < -0.4 is 5.32 Å². The number of benzene rings is 1. The van der Waals surface area contributed by atoms with Crippen molar-refractivity contribution in [2.45, 2.75) is 25.5 Å². The number of rotatable bonds is 2. The number of carbonyl (C=O) groups excluding carboxylic acids is 2. The van der Waals surface area contributed by atoms with Crippen molar-refractivity contribution in [1.29, 1.82) is 0 Å². The number of hydrogen-bond acceptors (Lipinski definition) is 3. The molecule has 1 aromatic rings. The zero-order chi connectivity index (χ0) is 18.2. The minimum absolute atomic E-state index is 0.00563. The van der Waals surface area contributed by atoms with E-state index in [-0.39, 0.29) is 24.6 Å². The zero-order valence-corrected chi connectivity index (χ0v) is 14.3. The van der Waals surface area contributed by atoms with Crippen LogP contribution in [0, 0.1) is 18.6 Å². The van der Waals surface area contributed by atoms with Gasteiger partial charge in [-0.25, -0.2) is 13.6 Å². The van der Waals surface area contributed by atoms with Crippen molar-refractivity contribution >= 4 is 11.9 Å². The molecule has 2 fully saturated rings. The first-order valence-electron chi connectivity index (χ1n) is 8.15. The Morgan fingerprint density at radius 3 is 2.84 bits per heavy atom. The second kappa shape index (κ2) is 6.59. The van der Waals surface area contributed by atoms with E-state index in [1.165, 1.54) is 12.1 Å². The second-order valence-electron chi connectivity index (χ2n) is 6.71. The van der Waals surface area contributed by atoms with Crippen molar-refractivity contribution in [1.82, 2.24) is 15.1 Å². The van der Waals surface area contributed by atoms with Gasteiger partial charge in [0.25, 0.3) is 0 Å². The molecule has 0 aromatic heterocycles. The molecule has 2 heterocycles. The van der Waals surface area contributed by atoms with Gasteiger partial charge in [-0.15, -0.1) is 0 Å². The molecule has 25 heavy (non-hydrogen) atoms. The fourth-order valence-corrected chi connectivity index (χ4v) is 3.31. The van der Waals surface area contributed by atoms with Crippen LogP contribution in [0.3, 0.4) is 0 Å². The van der Waals surface area contributed by atoms with Gasteiger partial charge in [0.15, 0.2) is 0 Å². The zero-order valence-electron chi connectivity index (χ0n) is 14.3. The standard InChI is InChI=1S/C17H21F2N3O3/c1-11-3-4-13(18)12(15(11)19)7-20-16(24)22-6-5-17(10-22)9-21(2)14(23)8-25-17/h3-4H,5-10H2,1-2H3,(H,20,24)/t17-/m0/s1. The summed E-state index contributed by atoms with van der Waals surface area (Å²) >= 11 is 0. The van der Waals surface area contributed by atoms with E-state index in [9.17, 15) is 18.4 Å². The molecule has 0 aliphatic carbocycles. The molecule has 0 radical (unpaired) electrons. The number of urea groups is 1. The quantitative estimate of drug-likeness (QED) is 0.875. The molecule has 1 aromatic carbocycles. The van der Waals surface area contributed by atoms with E-state index < -0.39 is 23.3 Å². The fourth-order valence-electron chi connectivity index (χ4n) is 3.31. The minimum atomic E-state index is -0.683. The summed E-state index contributed by atoms with van der Waals surface area (Å²) in [5.41, 5.74) is -0.379. The van der Waals surface area contributed by atoms with E-state index in [4.69, 9.17) is 4.74 Å². The summed E-state index contributed by atoms with van der Waals surface area (Å²) < 4.78 is 33.4. The van der Waals surface area contributed by atoms with Gasteiger partial charge < -0.3 is 19.9 Å². The van der Waals surface area contributed by atoms with Gasteiger partial charge >= 0.3 is 6.03 Å². The lowest BCUT2D eigenvalue weighted by atomic mass is 10.0. The number of amides is 3. The summed E-state index contributed by atoms with van der Waals surface area (Å²) in [6.45, 7) is 2.56. The van der Waals surface area contributed by atoms with E-state index in [0.29, 0.717) is 31.6 Å². The third kappa shape index (κ3) is 3.44. The Kier molecular flexibility index (Phi) is 4.64. The Morgan fingerprint density at radius 1 is 1.36 bits per heavy atom. The molecule has 2 saturated heterocycles. The van der Waals surface area contributed by atoms with E-state index in [2.05, 4.69) is 5.32 Å². The highest BCUT2D eigenvalue weighted by Gasteiger charge is 2.45. The maximum atomic E-state index is 14.0. The molecule has 0 saturated carbocycles. The molecule has 1 spiro atoms. The maximum absolute atomic E-state index is 14.0. The van der Waals surface area contributed by atoms with Crippen LogP contribution in [0.5, 0.6) is 0 Å².